The number of rotatable bonds is 5. The molecule has 0 aliphatic rings. The molecule has 1 N–H and O–H groups in total. The third-order valence-corrected chi connectivity index (χ3v) is 3.81. The fourth-order valence-electron chi connectivity index (χ4n) is 2.08. The van der Waals surface area contributed by atoms with E-state index < -0.39 is 0 Å². The summed E-state index contributed by atoms with van der Waals surface area (Å²) in [5, 5.41) is 3.85. The number of hydrogen-bond donors (Lipinski definition) is 1. The average molecular weight is 322 g/mol. The molecule has 2 rings (SSSR count). The van der Waals surface area contributed by atoms with Crippen molar-refractivity contribution >= 4 is 29.1 Å². The Hall–Kier alpha value is -1.51. The molecule has 0 heterocycles. The molecule has 0 saturated carbocycles. The van der Waals surface area contributed by atoms with Crippen LogP contribution in [0.25, 0.3) is 0 Å². The van der Waals surface area contributed by atoms with Crippen molar-refractivity contribution in [3.05, 3.63) is 69.7 Å². The number of aryl methyl sites for hydroxylation is 1. The number of carbonyl (C=O) groups excluding carboxylic acids is 1. The predicted octanol–water partition coefficient (Wildman–Crippen LogP) is 4.74. The quantitative estimate of drug-likeness (QED) is 0.846. The van der Waals surface area contributed by atoms with Gasteiger partial charge in [-0.1, -0.05) is 53.5 Å². The molecule has 1 amide bonds. The Kier molecular flexibility index (Phi) is 5.66. The van der Waals surface area contributed by atoms with Gasteiger partial charge in [0, 0.05) is 11.1 Å². The summed E-state index contributed by atoms with van der Waals surface area (Å²) >= 11 is 11.9. The molecule has 21 heavy (non-hydrogen) atoms. The highest BCUT2D eigenvalue weighted by Gasteiger charge is 2.13. The third kappa shape index (κ3) is 4.76. The average Bonchev–Trinajstić information content (AvgIpc) is 2.46. The summed E-state index contributed by atoms with van der Waals surface area (Å²) in [6.45, 7) is 1.99. The maximum absolute atomic E-state index is 12.2. The van der Waals surface area contributed by atoms with Gasteiger partial charge in [-0.3, -0.25) is 4.79 Å². The van der Waals surface area contributed by atoms with Crippen molar-refractivity contribution in [1.82, 2.24) is 5.32 Å². The van der Waals surface area contributed by atoms with Crippen LogP contribution in [-0.4, -0.2) is 11.9 Å². The van der Waals surface area contributed by atoms with Gasteiger partial charge in [-0.2, -0.15) is 0 Å². The van der Waals surface area contributed by atoms with Gasteiger partial charge in [-0.25, -0.2) is 0 Å². The van der Waals surface area contributed by atoms with Gasteiger partial charge >= 0.3 is 0 Å². The number of nitrogens with one attached hydrogen (secondary N) is 1. The first-order valence-corrected chi connectivity index (χ1v) is 7.61. The van der Waals surface area contributed by atoms with E-state index >= 15 is 0 Å². The van der Waals surface area contributed by atoms with Crippen molar-refractivity contribution in [2.45, 2.75) is 25.8 Å². The second-order valence-corrected chi connectivity index (χ2v) is 5.87. The van der Waals surface area contributed by atoms with E-state index in [1.807, 2.05) is 25.1 Å². The van der Waals surface area contributed by atoms with Crippen LogP contribution < -0.4 is 5.32 Å². The van der Waals surface area contributed by atoms with E-state index in [4.69, 9.17) is 23.2 Å². The number of amides is 1. The lowest BCUT2D eigenvalue weighted by molar-refractivity contribution is 0.0938. The second kappa shape index (κ2) is 7.48. The first-order valence-electron chi connectivity index (χ1n) is 6.86. The second-order valence-electron chi connectivity index (χ2n) is 5.02. The molecule has 0 unspecified atom stereocenters. The highest BCUT2D eigenvalue weighted by molar-refractivity contribution is 6.36. The van der Waals surface area contributed by atoms with Crippen LogP contribution in [0.5, 0.6) is 0 Å². The molecule has 0 aromatic heterocycles. The highest BCUT2D eigenvalue weighted by atomic mass is 35.5. The van der Waals surface area contributed by atoms with Crippen molar-refractivity contribution in [2.24, 2.45) is 0 Å². The van der Waals surface area contributed by atoms with Gasteiger partial charge in [-0.15, -0.1) is 0 Å². The van der Waals surface area contributed by atoms with E-state index in [1.165, 1.54) is 5.56 Å². The number of halogens is 2. The molecule has 0 saturated heterocycles. The summed E-state index contributed by atoms with van der Waals surface area (Å²) in [7, 11) is 0. The van der Waals surface area contributed by atoms with Crippen LogP contribution in [-0.2, 0) is 6.42 Å². The van der Waals surface area contributed by atoms with Gasteiger partial charge in [0.15, 0.2) is 0 Å². The van der Waals surface area contributed by atoms with E-state index in [9.17, 15) is 4.79 Å². The van der Waals surface area contributed by atoms with E-state index in [2.05, 4.69) is 17.4 Å². The van der Waals surface area contributed by atoms with Crippen LogP contribution in [0.3, 0.4) is 0 Å². The lowest BCUT2D eigenvalue weighted by atomic mass is 10.1. The summed E-state index contributed by atoms with van der Waals surface area (Å²) in [5.74, 6) is -0.169. The van der Waals surface area contributed by atoms with E-state index in [1.54, 1.807) is 18.2 Å². The van der Waals surface area contributed by atoms with Crippen LogP contribution in [0.15, 0.2) is 48.5 Å². The minimum atomic E-state index is -0.169. The molecular formula is C17H17Cl2NO. The van der Waals surface area contributed by atoms with Crippen LogP contribution in [0, 0.1) is 0 Å². The van der Waals surface area contributed by atoms with Crippen LogP contribution in [0.1, 0.15) is 29.3 Å². The van der Waals surface area contributed by atoms with Crippen molar-refractivity contribution in [1.29, 1.82) is 0 Å². The largest absolute Gasteiger partial charge is 0.350 e. The molecule has 0 aliphatic heterocycles. The van der Waals surface area contributed by atoms with Crippen LogP contribution in [0.2, 0.25) is 10.0 Å². The van der Waals surface area contributed by atoms with Gasteiger partial charge in [0.25, 0.3) is 5.91 Å². The van der Waals surface area contributed by atoms with Crippen LogP contribution in [0.4, 0.5) is 0 Å². The SMILES string of the molecule is C[C@H](CCc1ccccc1)NC(=O)c1ccc(Cl)cc1Cl. The maximum Gasteiger partial charge on any atom is 0.253 e. The van der Waals surface area contributed by atoms with Gasteiger partial charge in [-0.05, 0) is 43.5 Å². The fourth-order valence-corrected chi connectivity index (χ4v) is 2.57. The van der Waals surface area contributed by atoms with Gasteiger partial charge < -0.3 is 5.32 Å². The Balaban J connectivity index is 1.90. The molecule has 4 heteroatoms. The van der Waals surface area contributed by atoms with Crippen molar-refractivity contribution in [3.8, 4) is 0 Å². The molecular weight excluding hydrogens is 305 g/mol. The first kappa shape index (κ1) is 15.9. The van der Waals surface area contributed by atoms with Crippen molar-refractivity contribution in [2.75, 3.05) is 0 Å². The molecule has 0 fully saturated rings. The first-order chi connectivity index (χ1) is 10.1. The fraction of sp³-hybridized carbons (Fsp3) is 0.235. The zero-order chi connectivity index (χ0) is 15.2. The summed E-state index contributed by atoms with van der Waals surface area (Å²) in [5.41, 5.74) is 1.72. The molecule has 2 aromatic rings. The number of hydrogen-bond acceptors (Lipinski definition) is 1. The van der Waals surface area contributed by atoms with Crippen molar-refractivity contribution < 1.29 is 4.79 Å². The summed E-state index contributed by atoms with van der Waals surface area (Å²) in [4.78, 5) is 12.2. The van der Waals surface area contributed by atoms with E-state index in [-0.39, 0.29) is 11.9 Å². The Morgan fingerprint density at radius 2 is 1.86 bits per heavy atom. The Morgan fingerprint density at radius 3 is 2.52 bits per heavy atom. The minimum absolute atomic E-state index is 0.0736. The van der Waals surface area contributed by atoms with Crippen LogP contribution >= 0.6 is 23.2 Å². The molecule has 0 aliphatic carbocycles. The van der Waals surface area contributed by atoms with E-state index in [0.717, 1.165) is 12.8 Å². The topological polar surface area (TPSA) is 29.1 Å². The lowest BCUT2D eigenvalue weighted by Gasteiger charge is -2.14. The summed E-state index contributed by atoms with van der Waals surface area (Å²) in [6, 6.07) is 15.2. The summed E-state index contributed by atoms with van der Waals surface area (Å²) in [6.07, 6.45) is 1.80. The van der Waals surface area contributed by atoms with Gasteiger partial charge in [0.05, 0.1) is 10.6 Å². The Morgan fingerprint density at radius 1 is 1.14 bits per heavy atom. The molecule has 1 atom stereocenters. The maximum atomic E-state index is 12.2. The molecule has 0 bridgehead atoms. The normalized spacial score (nSPS) is 12.0. The molecule has 2 aromatic carbocycles. The van der Waals surface area contributed by atoms with E-state index in [0.29, 0.717) is 15.6 Å². The molecule has 0 spiro atoms. The third-order valence-electron chi connectivity index (χ3n) is 3.26. The van der Waals surface area contributed by atoms with Gasteiger partial charge in [0.2, 0.25) is 0 Å². The molecule has 0 radical (unpaired) electrons. The van der Waals surface area contributed by atoms with Crippen molar-refractivity contribution in [3.63, 3.8) is 0 Å². The smallest absolute Gasteiger partial charge is 0.253 e. The van der Waals surface area contributed by atoms with Gasteiger partial charge in [0.1, 0.15) is 0 Å². The Bertz CT molecular complexity index is 613. The molecule has 110 valence electrons. The predicted molar refractivity (Wildman–Crippen MR) is 88.2 cm³/mol. The summed E-state index contributed by atoms with van der Waals surface area (Å²) < 4.78 is 0. The zero-order valence-corrected chi connectivity index (χ0v) is 13.3. The Labute approximate surface area is 135 Å². The number of carbonyl (C=O) groups is 1. The standard InChI is InChI=1S/C17H17Cl2NO/c1-12(7-8-13-5-3-2-4-6-13)20-17(21)15-10-9-14(18)11-16(15)19/h2-6,9-12H,7-8H2,1H3,(H,20,21)/t12-/m1/s1. The monoisotopic (exact) mass is 321 g/mol. The molecule has 2 nitrogen and oxygen atoms in total. The lowest BCUT2D eigenvalue weighted by Crippen LogP contribution is -2.33. The zero-order valence-electron chi connectivity index (χ0n) is 11.8. The minimum Gasteiger partial charge on any atom is -0.350 e. The highest BCUT2D eigenvalue weighted by Crippen LogP contribution is 2.21. The number of benzene rings is 2.